The van der Waals surface area contributed by atoms with E-state index in [0.29, 0.717) is 26.2 Å². The lowest BCUT2D eigenvalue weighted by atomic mass is 10.1. The molecule has 2 heterocycles. The first kappa shape index (κ1) is 17.7. The summed E-state index contributed by atoms with van der Waals surface area (Å²) in [4.78, 5) is 28.8. The van der Waals surface area contributed by atoms with Crippen LogP contribution in [-0.2, 0) is 14.3 Å². The van der Waals surface area contributed by atoms with Gasteiger partial charge in [0.25, 0.3) is 0 Å². The second kappa shape index (κ2) is 7.44. The van der Waals surface area contributed by atoms with Crippen molar-refractivity contribution in [3.05, 3.63) is 24.3 Å². The van der Waals surface area contributed by atoms with Crippen molar-refractivity contribution < 1.29 is 19.1 Å². The summed E-state index contributed by atoms with van der Waals surface area (Å²) in [5.41, 5.74) is 0.812. The van der Waals surface area contributed by atoms with E-state index in [1.807, 2.05) is 49.9 Å². The second-order valence-corrected chi connectivity index (χ2v) is 6.83. The van der Waals surface area contributed by atoms with Gasteiger partial charge in [-0.1, -0.05) is 0 Å². The zero-order valence-electron chi connectivity index (χ0n) is 15.1. The molecule has 2 saturated heterocycles. The number of morpholine rings is 1. The van der Waals surface area contributed by atoms with Crippen molar-refractivity contribution in [2.24, 2.45) is 5.92 Å². The molecule has 6 heteroatoms. The van der Waals surface area contributed by atoms with Gasteiger partial charge in [0.05, 0.1) is 24.7 Å². The first-order valence-electron chi connectivity index (χ1n) is 8.95. The van der Waals surface area contributed by atoms with Crippen LogP contribution in [0.3, 0.4) is 0 Å². The van der Waals surface area contributed by atoms with E-state index in [2.05, 4.69) is 0 Å². The summed E-state index contributed by atoms with van der Waals surface area (Å²) in [5.74, 6) is 0.555. The van der Waals surface area contributed by atoms with Crippen molar-refractivity contribution in [1.29, 1.82) is 0 Å². The molecule has 0 N–H and O–H groups in total. The zero-order valence-corrected chi connectivity index (χ0v) is 15.1. The third-order valence-corrected chi connectivity index (χ3v) is 4.66. The van der Waals surface area contributed by atoms with Gasteiger partial charge in [0.2, 0.25) is 11.8 Å². The highest BCUT2D eigenvalue weighted by Crippen LogP contribution is 2.28. The molecule has 2 fully saturated rings. The van der Waals surface area contributed by atoms with Crippen LogP contribution in [-0.4, -0.2) is 55.2 Å². The van der Waals surface area contributed by atoms with Crippen LogP contribution in [0.4, 0.5) is 5.69 Å². The van der Waals surface area contributed by atoms with Gasteiger partial charge < -0.3 is 19.3 Å². The molecule has 3 atom stereocenters. The third-order valence-electron chi connectivity index (χ3n) is 4.66. The molecule has 0 spiro atoms. The predicted octanol–water partition coefficient (Wildman–Crippen LogP) is 2.07. The minimum atomic E-state index is -0.281. The molecular formula is C19H26N2O4. The molecule has 1 aromatic carbocycles. The number of ether oxygens (including phenoxy) is 2. The Hall–Kier alpha value is -2.08. The van der Waals surface area contributed by atoms with Crippen molar-refractivity contribution >= 4 is 17.5 Å². The van der Waals surface area contributed by atoms with Crippen molar-refractivity contribution in [2.45, 2.75) is 39.4 Å². The van der Waals surface area contributed by atoms with Crippen LogP contribution in [0.2, 0.25) is 0 Å². The smallest absolute Gasteiger partial charge is 0.228 e. The maximum absolute atomic E-state index is 12.8. The Morgan fingerprint density at radius 1 is 1.16 bits per heavy atom. The standard InChI is InChI=1S/C19H26N2O4/c1-4-24-17-7-5-16(6-8-17)21-12-15(9-18(21)22)19(23)20-10-13(2)25-14(3)11-20/h5-8,13-15H,4,9-12H2,1-3H3/t13-,14+,15-/m0/s1. The fourth-order valence-corrected chi connectivity index (χ4v) is 3.63. The summed E-state index contributed by atoms with van der Waals surface area (Å²) in [5, 5.41) is 0. The Morgan fingerprint density at radius 3 is 2.40 bits per heavy atom. The molecule has 6 nitrogen and oxygen atoms in total. The monoisotopic (exact) mass is 346 g/mol. The van der Waals surface area contributed by atoms with Crippen LogP contribution in [0.5, 0.6) is 5.75 Å². The molecule has 2 aliphatic heterocycles. The molecule has 2 amide bonds. The van der Waals surface area contributed by atoms with Gasteiger partial charge in [-0.05, 0) is 45.0 Å². The number of anilines is 1. The first-order valence-corrected chi connectivity index (χ1v) is 8.95. The van der Waals surface area contributed by atoms with E-state index in [-0.39, 0.29) is 36.4 Å². The van der Waals surface area contributed by atoms with Crippen LogP contribution in [0.15, 0.2) is 24.3 Å². The molecule has 0 unspecified atom stereocenters. The summed E-state index contributed by atoms with van der Waals surface area (Å²) in [6.45, 7) is 8.11. The van der Waals surface area contributed by atoms with E-state index >= 15 is 0 Å². The van der Waals surface area contributed by atoms with Crippen LogP contribution in [0.25, 0.3) is 0 Å². The molecule has 0 aliphatic carbocycles. The quantitative estimate of drug-likeness (QED) is 0.837. The average Bonchev–Trinajstić information content (AvgIpc) is 2.96. The van der Waals surface area contributed by atoms with Gasteiger partial charge in [0, 0.05) is 31.7 Å². The first-order chi connectivity index (χ1) is 12.0. The molecule has 25 heavy (non-hydrogen) atoms. The summed E-state index contributed by atoms with van der Waals surface area (Å²) in [6.07, 6.45) is 0.339. The molecule has 3 rings (SSSR count). The van der Waals surface area contributed by atoms with E-state index in [1.165, 1.54) is 0 Å². The predicted molar refractivity (Wildman–Crippen MR) is 94.7 cm³/mol. The largest absolute Gasteiger partial charge is 0.494 e. The number of benzene rings is 1. The topological polar surface area (TPSA) is 59.1 Å². The van der Waals surface area contributed by atoms with Gasteiger partial charge >= 0.3 is 0 Å². The Morgan fingerprint density at radius 2 is 1.80 bits per heavy atom. The minimum Gasteiger partial charge on any atom is -0.494 e. The summed E-state index contributed by atoms with van der Waals surface area (Å²) in [6, 6.07) is 7.45. The van der Waals surface area contributed by atoms with Crippen LogP contribution >= 0.6 is 0 Å². The van der Waals surface area contributed by atoms with E-state index in [9.17, 15) is 9.59 Å². The van der Waals surface area contributed by atoms with Crippen molar-refractivity contribution in [2.75, 3.05) is 31.1 Å². The Bertz CT molecular complexity index is 621. The van der Waals surface area contributed by atoms with Gasteiger partial charge in [-0.2, -0.15) is 0 Å². The lowest BCUT2D eigenvalue weighted by Crippen LogP contribution is -2.50. The number of hydrogen-bond donors (Lipinski definition) is 0. The number of carbonyl (C=O) groups is 2. The number of nitrogens with zero attached hydrogens (tertiary/aromatic N) is 2. The molecule has 1 aromatic rings. The van der Waals surface area contributed by atoms with Gasteiger partial charge in [-0.15, -0.1) is 0 Å². The van der Waals surface area contributed by atoms with E-state index in [4.69, 9.17) is 9.47 Å². The molecule has 0 saturated carbocycles. The number of rotatable bonds is 4. The number of hydrogen-bond acceptors (Lipinski definition) is 4. The maximum Gasteiger partial charge on any atom is 0.228 e. The number of amides is 2. The van der Waals surface area contributed by atoms with E-state index in [0.717, 1.165) is 11.4 Å². The molecule has 2 aliphatic rings. The number of carbonyl (C=O) groups excluding carboxylic acids is 2. The van der Waals surface area contributed by atoms with Gasteiger partial charge in [-0.25, -0.2) is 0 Å². The van der Waals surface area contributed by atoms with Gasteiger partial charge in [0.1, 0.15) is 5.75 Å². The average molecular weight is 346 g/mol. The minimum absolute atomic E-state index is 0.00290. The highest BCUT2D eigenvalue weighted by Gasteiger charge is 2.38. The summed E-state index contributed by atoms with van der Waals surface area (Å²) < 4.78 is 11.1. The van der Waals surface area contributed by atoms with E-state index < -0.39 is 0 Å². The van der Waals surface area contributed by atoms with Crippen molar-refractivity contribution in [1.82, 2.24) is 4.90 Å². The van der Waals surface area contributed by atoms with Gasteiger partial charge in [0.15, 0.2) is 0 Å². The fourth-order valence-electron chi connectivity index (χ4n) is 3.63. The second-order valence-electron chi connectivity index (χ2n) is 6.83. The molecular weight excluding hydrogens is 320 g/mol. The highest BCUT2D eigenvalue weighted by molar-refractivity contribution is 6.00. The molecule has 0 bridgehead atoms. The normalized spacial score (nSPS) is 26.8. The van der Waals surface area contributed by atoms with Crippen LogP contribution in [0.1, 0.15) is 27.2 Å². The zero-order chi connectivity index (χ0) is 18.0. The third kappa shape index (κ3) is 3.95. The SMILES string of the molecule is CCOc1ccc(N2C[C@@H](C(=O)N3C[C@@H](C)O[C@@H](C)C3)CC2=O)cc1. The Balaban J connectivity index is 1.66. The lowest BCUT2D eigenvalue weighted by molar-refractivity contribution is -0.147. The van der Waals surface area contributed by atoms with Gasteiger partial charge in [-0.3, -0.25) is 9.59 Å². The van der Waals surface area contributed by atoms with Crippen LogP contribution < -0.4 is 9.64 Å². The maximum atomic E-state index is 12.8. The van der Waals surface area contributed by atoms with E-state index in [1.54, 1.807) is 4.90 Å². The lowest BCUT2D eigenvalue weighted by Gasteiger charge is -2.36. The van der Waals surface area contributed by atoms with Crippen LogP contribution in [0, 0.1) is 5.92 Å². The van der Waals surface area contributed by atoms with Crippen molar-refractivity contribution in [3.63, 3.8) is 0 Å². The molecule has 0 radical (unpaired) electrons. The molecule has 0 aromatic heterocycles. The van der Waals surface area contributed by atoms with Crippen molar-refractivity contribution in [3.8, 4) is 5.75 Å². The fraction of sp³-hybridized carbons (Fsp3) is 0.579. The molecule has 136 valence electrons. The summed E-state index contributed by atoms with van der Waals surface area (Å²) in [7, 11) is 0. The Labute approximate surface area is 148 Å². The Kier molecular flexibility index (Phi) is 5.27. The summed E-state index contributed by atoms with van der Waals surface area (Å²) >= 11 is 0. The highest BCUT2D eigenvalue weighted by atomic mass is 16.5.